The van der Waals surface area contributed by atoms with Crippen molar-refractivity contribution in [2.45, 2.75) is 0 Å². The number of aromatic nitrogens is 4. The summed E-state index contributed by atoms with van der Waals surface area (Å²) in [6, 6.07) is 1.64. The van der Waals surface area contributed by atoms with Crippen molar-refractivity contribution in [2.24, 2.45) is 0 Å². The minimum atomic E-state index is -1.66. The van der Waals surface area contributed by atoms with Gasteiger partial charge in [0.25, 0.3) is 0 Å². The van der Waals surface area contributed by atoms with E-state index in [4.69, 9.17) is 10.0 Å². The summed E-state index contributed by atoms with van der Waals surface area (Å²) in [7, 11) is -1.66. The highest BCUT2D eigenvalue weighted by molar-refractivity contribution is 6.56. The van der Waals surface area contributed by atoms with Crippen molar-refractivity contribution in [2.75, 3.05) is 0 Å². The first kappa shape index (κ1) is 8.85. The zero-order chi connectivity index (χ0) is 9.97. The van der Waals surface area contributed by atoms with E-state index >= 15 is 0 Å². The first-order chi connectivity index (χ1) is 6.77. The van der Waals surface area contributed by atoms with Crippen LogP contribution in [0.4, 0.5) is 0 Å². The van der Waals surface area contributed by atoms with Crippen molar-refractivity contribution < 1.29 is 10.0 Å². The second-order valence-corrected chi connectivity index (χ2v) is 2.63. The van der Waals surface area contributed by atoms with Crippen LogP contribution in [-0.2, 0) is 0 Å². The Hall–Kier alpha value is -1.73. The predicted octanol–water partition coefficient (Wildman–Crippen LogP) is -1.45. The molecule has 0 spiro atoms. The van der Waals surface area contributed by atoms with Gasteiger partial charge in [-0.05, 0) is 6.07 Å². The minimum Gasteiger partial charge on any atom is -0.421 e. The molecule has 2 aromatic rings. The molecule has 0 unspecified atom stereocenters. The summed E-state index contributed by atoms with van der Waals surface area (Å²) in [5.41, 5.74) is 1.14. The lowest BCUT2D eigenvalue weighted by atomic mass is 9.90. The lowest BCUT2D eigenvalue weighted by Gasteiger charge is -1.99. The van der Waals surface area contributed by atoms with Gasteiger partial charge in [0.15, 0.2) is 5.72 Å². The van der Waals surface area contributed by atoms with Crippen LogP contribution in [0.25, 0.3) is 11.4 Å². The van der Waals surface area contributed by atoms with Gasteiger partial charge in [0.2, 0.25) is 0 Å². The number of hydrogen-bond donors (Lipinski definition) is 3. The molecule has 7 heteroatoms. The fourth-order valence-electron chi connectivity index (χ4n) is 1.04. The molecule has 0 fully saturated rings. The van der Waals surface area contributed by atoms with Crippen LogP contribution < -0.4 is 5.72 Å². The molecule has 14 heavy (non-hydrogen) atoms. The zero-order valence-corrected chi connectivity index (χ0v) is 7.12. The van der Waals surface area contributed by atoms with E-state index in [1.807, 2.05) is 0 Å². The van der Waals surface area contributed by atoms with Gasteiger partial charge >= 0.3 is 7.12 Å². The molecular formula is C7H7BN4O2. The van der Waals surface area contributed by atoms with Crippen molar-refractivity contribution in [3.05, 3.63) is 24.8 Å². The summed E-state index contributed by atoms with van der Waals surface area (Å²) < 4.78 is 0. The lowest BCUT2D eigenvalue weighted by molar-refractivity contribution is 0.422. The second kappa shape index (κ2) is 3.56. The number of imidazole rings is 1. The number of aromatic amines is 1. The third-order valence-corrected chi connectivity index (χ3v) is 1.67. The molecule has 0 aliphatic heterocycles. The number of H-pyrrole nitrogens is 1. The Labute approximate surface area is 79.8 Å². The molecule has 6 nitrogen and oxygen atoms in total. The average molecular weight is 190 g/mol. The van der Waals surface area contributed by atoms with Gasteiger partial charge in [-0.2, -0.15) is 0 Å². The van der Waals surface area contributed by atoms with Crippen LogP contribution in [0.5, 0.6) is 0 Å². The highest BCUT2D eigenvalue weighted by Gasteiger charge is 2.15. The molecule has 2 aromatic heterocycles. The standard InChI is InChI=1S/C7H7BN4O2/c13-8(14)7-10-2-1-5(12-7)6-3-9-4-11-6/h1-4,13-14H,(H,9,11). The Morgan fingerprint density at radius 2 is 2.07 bits per heavy atom. The Morgan fingerprint density at radius 1 is 1.21 bits per heavy atom. The van der Waals surface area contributed by atoms with E-state index in [1.54, 1.807) is 12.3 Å². The summed E-state index contributed by atoms with van der Waals surface area (Å²) in [6.45, 7) is 0. The number of rotatable bonds is 2. The molecule has 0 radical (unpaired) electrons. The maximum absolute atomic E-state index is 8.85. The SMILES string of the molecule is OB(O)c1nccc(-c2c[nH]cn2)n1. The number of nitrogens with one attached hydrogen (secondary N) is 1. The fraction of sp³-hybridized carbons (Fsp3) is 0. The molecular weight excluding hydrogens is 183 g/mol. The molecule has 0 saturated heterocycles. The second-order valence-electron chi connectivity index (χ2n) is 2.63. The third kappa shape index (κ3) is 1.63. The summed E-state index contributed by atoms with van der Waals surface area (Å²) >= 11 is 0. The van der Waals surface area contributed by atoms with E-state index in [2.05, 4.69) is 19.9 Å². The van der Waals surface area contributed by atoms with Crippen LogP contribution in [-0.4, -0.2) is 37.1 Å². The molecule has 70 valence electrons. The predicted molar refractivity (Wildman–Crippen MR) is 49.4 cm³/mol. The molecule has 0 amide bonds. The largest absolute Gasteiger partial charge is 0.528 e. The van der Waals surface area contributed by atoms with E-state index in [1.165, 1.54) is 12.5 Å². The normalized spacial score (nSPS) is 10.1. The summed E-state index contributed by atoms with van der Waals surface area (Å²) in [5.74, 6) is 0. The Kier molecular flexibility index (Phi) is 2.25. The smallest absolute Gasteiger partial charge is 0.421 e. The zero-order valence-electron chi connectivity index (χ0n) is 7.12. The number of hydrogen-bond acceptors (Lipinski definition) is 5. The van der Waals surface area contributed by atoms with Gasteiger partial charge in [0.05, 0.1) is 12.0 Å². The first-order valence-corrected chi connectivity index (χ1v) is 3.95. The van der Waals surface area contributed by atoms with Crippen LogP contribution in [0, 0.1) is 0 Å². The van der Waals surface area contributed by atoms with Gasteiger partial charge in [-0.3, -0.25) is 0 Å². The first-order valence-electron chi connectivity index (χ1n) is 3.95. The third-order valence-electron chi connectivity index (χ3n) is 1.67. The van der Waals surface area contributed by atoms with E-state index < -0.39 is 7.12 Å². The highest BCUT2D eigenvalue weighted by Crippen LogP contribution is 2.09. The molecule has 3 N–H and O–H groups in total. The van der Waals surface area contributed by atoms with E-state index in [0.29, 0.717) is 11.4 Å². The Morgan fingerprint density at radius 3 is 2.71 bits per heavy atom. The average Bonchev–Trinajstić information content (AvgIpc) is 2.71. The van der Waals surface area contributed by atoms with Gasteiger partial charge in [-0.1, -0.05) is 0 Å². The van der Waals surface area contributed by atoms with Crippen molar-refractivity contribution in [1.29, 1.82) is 0 Å². The van der Waals surface area contributed by atoms with Crippen LogP contribution in [0.15, 0.2) is 24.8 Å². The summed E-state index contributed by atoms with van der Waals surface area (Å²) in [5, 5.41) is 17.7. The van der Waals surface area contributed by atoms with E-state index in [9.17, 15) is 0 Å². The van der Waals surface area contributed by atoms with Crippen LogP contribution in [0.1, 0.15) is 0 Å². The quantitative estimate of drug-likeness (QED) is 0.503. The maximum atomic E-state index is 8.85. The fourth-order valence-corrected chi connectivity index (χ4v) is 1.04. The monoisotopic (exact) mass is 190 g/mol. The van der Waals surface area contributed by atoms with Gasteiger partial charge in [-0.25, -0.2) is 15.0 Å². The van der Waals surface area contributed by atoms with Crippen LogP contribution >= 0.6 is 0 Å². The molecule has 2 heterocycles. The Bertz CT molecular complexity index is 417. The van der Waals surface area contributed by atoms with Crippen LogP contribution in [0.3, 0.4) is 0 Å². The molecule has 0 aliphatic rings. The van der Waals surface area contributed by atoms with E-state index in [0.717, 1.165) is 0 Å². The molecule has 0 aromatic carbocycles. The van der Waals surface area contributed by atoms with E-state index in [-0.39, 0.29) is 5.72 Å². The minimum absolute atomic E-state index is 0.0366. The van der Waals surface area contributed by atoms with Crippen molar-refractivity contribution in [3.63, 3.8) is 0 Å². The Balaban J connectivity index is 2.41. The van der Waals surface area contributed by atoms with Crippen molar-refractivity contribution >= 4 is 12.8 Å². The highest BCUT2D eigenvalue weighted by atomic mass is 16.4. The number of nitrogens with zero attached hydrogens (tertiary/aromatic N) is 3. The van der Waals surface area contributed by atoms with Gasteiger partial charge in [-0.15, -0.1) is 0 Å². The van der Waals surface area contributed by atoms with Gasteiger partial charge in [0, 0.05) is 12.4 Å². The molecule has 2 rings (SSSR count). The topological polar surface area (TPSA) is 94.9 Å². The van der Waals surface area contributed by atoms with Crippen molar-refractivity contribution in [1.82, 2.24) is 19.9 Å². The van der Waals surface area contributed by atoms with Gasteiger partial charge in [0.1, 0.15) is 5.69 Å². The van der Waals surface area contributed by atoms with Crippen molar-refractivity contribution in [3.8, 4) is 11.4 Å². The van der Waals surface area contributed by atoms with Crippen LogP contribution in [0.2, 0.25) is 0 Å². The summed E-state index contributed by atoms with van der Waals surface area (Å²) in [6.07, 6.45) is 4.63. The lowest BCUT2D eigenvalue weighted by Crippen LogP contribution is -2.35. The summed E-state index contributed by atoms with van der Waals surface area (Å²) in [4.78, 5) is 14.4. The molecule has 0 atom stereocenters. The maximum Gasteiger partial charge on any atom is 0.528 e. The molecule has 0 aliphatic carbocycles. The molecule has 0 bridgehead atoms. The van der Waals surface area contributed by atoms with Gasteiger partial charge < -0.3 is 15.0 Å². The molecule has 0 saturated carbocycles.